The Bertz CT molecular complexity index is 1100. The van der Waals surface area contributed by atoms with Crippen LogP contribution in [0, 0.1) is 11.8 Å². The lowest BCUT2D eigenvalue weighted by Crippen LogP contribution is -2.38. The van der Waals surface area contributed by atoms with E-state index in [2.05, 4.69) is 21.1 Å². The number of carbonyl (C=O) groups is 3. The van der Waals surface area contributed by atoms with Crippen LogP contribution in [0.15, 0.2) is 45.0 Å². The minimum atomic E-state index is -1.16. The van der Waals surface area contributed by atoms with Crippen LogP contribution in [0.1, 0.15) is 35.9 Å². The molecule has 1 aromatic carbocycles. The highest BCUT2D eigenvalue weighted by Gasteiger charge is 2.47. The third-order valence-corrected chi connectivity index (χ3v) is 5.63. The quantitative estimate of drug-likeness (QED) is 0.673. The van der Waals surface area contributed by atoms with E-state index < -0.39 is 23.7 Å². The van der Waals surface area contributed by atoms with E-state index in [9.17, 15) is 19.5 Å². The number of hydrogen-bond donors (Lipinski definition) is 3. The minimum absolute atomic E-state index is 0.0556. The molecule has 0 bridgehead atoms. The summed E-state index contributed by atoms with van der Waals surface area (Å²) < 4.78 is 6.02. The topological polar surface area (TPSA) is 133 Å². The maximum Gasteiger partial charge on any atom is 0.337 e. The third kappa shape index (κ3) is 3.26. The van der Waals surface area contributed by atoms with Crippen LogP contribution >= 0.6 is 11.6 Å². The highest BCUT2D eigenvalue weighted by molar-refractivity contribution is 6.33. The molecule has 2 amide bonds. The van der Waals surface area contributed by atoms with E-state index in [1.807, 2.05) is 0 Å². The van der Waals surface area contributed by atoms with Gasteiger partial charge in [-0.15, -0.1) is 0 Å². The number of carboxylic acids is 1. The van der Waals surface area contributed by atoms with Crippen molar-refractivity contribution in [3.63, 3.8) is 0 Å². The van der Waals surface area contributed by atoms with Gasteiger partial charge in [-0.25, -0.2) is 15.6 Å². The molecule has 154 valence electrons. The molecule has 4 rings (SSSR count). The summed E-state index contributed by atoms with van der Waals surface area (Å²) in [5, 5.41) is 17.4. The Balaban J connectivity index is 1.78. The van der Waals surface area contributed by atoms with Crippen LogP contribution in [0.3, 0.4) is 0 Å². The second kappa shape index (κ2) is 7.42. The van der Waals surface area contributed by atoms with Crippen LogP contribution in [-0.2, 0) is 9.59 Å². The molecule has 0 saturated carbocycles. The first-order valence-corrected chi connectivity index (χ1v) is 9.46. The lowest BCUT2D eigenvalue weighted by Gasteiger charge is -2.24. The number of hydrogen-bond acceptors (Lipinski definition) is 6. The highest BCUT2D eigenvalue weighted by atomic mass is 35.5. The van der Waals surface area contributed by atoms with Gasteiger partial charge in [-0.1, -0.05) is 11.6 Å². The van der Waals surface area contributed by atoms with Crippen LogP contribution < -0.4 is 10.9 Å². The smallest absolute Gasteiger partial charge is 0.337 e. The van der Waals surface area contributed by atoms with E-state index >= 15 is 0 Å². The van der Waals surface area contributed by atoms with E-state index in [0.717, 1.165) is 0 Å². The van der Waals surface area contributed by atoms with Gasteiger partial charge in [0.1, 0.15) is 11.5 Å². The van der Waals surface area contributed by atoms with Crippen LogP contribution in [0.5, 0.6) is 0 Å². The summed E-state index contributed by atoms with van der Waals surface area (Å²) in [6, 6.07) is 7.85. The number of nitrogens with one attached hydrogen (secondary N) is 2. The number of aromatic carboxylic acids is 1. The van der Waals surface area contributed by atoms with Gasteiger partial charge in [-0.2, -0.15) is 10.2 Å². The van der Waals surface area contributed by atoms with Crippen molar-refractivity contribution < 1.29 is 23.9 Å². The van der Waals surface area contributed by atoms with Crippen molar-refractivity contribution in [3.05, 3.63) is 46.7 Å². The standard InChI is InChI=1S/C20H17ClN4O5/c1-8-15(18(26)24-22-8)17(16-9(2)23-25-19(16)27)14-6-5-13(30-14)10-3-4-12(21)11(7-10)20(28)29/h3-7,15-17H,1-2H3,(H,24,26)(H,25,27)(H,28,29). The minimum Gasteiger partial charge on any atom is -0.478 e. The van der Waals surface area contributed by atoms with Gasteiger partial charge in [-0.3, -0.25) is 9.59 Å². The van der Waals surface area contributed by atoms with Crippen LogP contribution in [0.2, 0.25) is 5.02 Å². The summed E-state index contributed by atoms with van der Waals surface area (Å²) in [5.41, 5.74) is 6.41. The van der Waals surface area contributed by atoms with Crippen molar-refractivity contribution in [1.82, 2.24) is 10.9 Å². The van der Waals surface area contributed by atoms with Crippen molar-refractivity contribution in [2.45, 2.75) is 19.8 Å². The Labute approximate surface area is 175 Å². The first-order valence-electron chi connectivity index (χ1n) is 9.09. The number of benzene rings is 1. The molecule has 2 aliphatic rings. The van der Waals surface area contributed by atoms with E-state index in [1.54, 1.807) is 32.0 Å². The first kappa shape index (κ1) is 19.8. The number of halogens is 1. The fourth-order valence-corrected chi connectivity index (χ4v) is 4.04. The van der Waals surface area contributed by atoms with Gasteiger partial charge in [0.15, 0.2) is 0 Å². The molecule has 3 N–H and O–H groups in total. The van der Waals surface area contributed by atoms with E-state index in [4.69, 9.17) is 16.0 Å². The van der Waals surface area contributed by atoms with Crippen molar-refractivity contribution >= 4 is 40.8 Å². The number of amides is 2. The maximum atomic E-state index is 12.5. The molecule has 1 aromatic heterocycles. The van der Waals surface area contributed by atoms with E-state index in [-0.39, 0.29) is 22.4 Å². The predicted octanol–water partition coefficient (Wildman–Crippen LogP) is 2.63. The number of carbonyl (C=O) groups excluding carboxylic acids is 2. The summed E-state index contributed by atoms with van der Waals surface area (Å²) in [6.07, 6.45) is 0. The van der Waals surface area contributed by atoms with Crippen LogP contribution in [-0.4, -0.2) is 34.3 Å². The number of rotatable bonds is 5. The Morgan fingerprint density at radius 3 is 2.17 bits per heavy atom. The molecule has 0 radical (unpaired) electrons. The van der Waals surface area contributed by atoms with E-state index in [0.29, 0.717) is 28.5 Å². The summed E-state index contributed by atoms with van der Waals surface area (Å²) >= 11 is 5.94. The SMILES string of the molecule is CC1=NNC(=O)C1C(c1ccc(-c2ccc(Cl)c(C(=O)O)c2)o1)C1C(=O)NN=C1C. The van der Waals surface area contributed by atoms with Crippen molar-refractivity contribution in [2.75, 3.05) is 0 Å². The fraction of sp³-hybridized carbons (Fsp3) is 0.250. The Kier molecular flexibility index (Phi) is 4.90. The summed E-state index contributed by atoms with van der Waals surface area (Å²) in [4.78, 5) is 36.3. The number of hydrazone groups is 2. The van der Waals surface area contributed by atoms with Crippen LogP contribution in [0.4, 0.5) is 0 Å². The molecular formula is C20H17ClN4O5. The van der Waals surface area contributed by atoms with Crippen molar-refractivity contribution in [3.8, 4) is 11.3 Å². The molecule has 2 atom stereocenters. The summed E-state index contributed by atoms with van der Waals surface area (Å²) in [7, 11) is 0. The molecule has 30 heavy (non-hydrogen) atoms. The zero-order valence-corrected chi connectivity index (χ0v) is 16.7. The summed E-state index contributed by atoms with van der Waals surface area (Å²) in [6.45, 7) is 3.41. The highest BCUT2D eigenvalue weighted by Crippen LogP contribution is 2.40. The van der Waals surface area contributed by atoms with Crippen molar-refractivity contribution in [1.29, 1.82) is 0 Å². The molecule has 0 spiro atoms. The molecule has 0 fully saturated rings. The Morgan fingerprint density at radius 2 is 1.67 bits per heavy atom. The second-order valence-electron chi connectivity index (χ2n) is 7.14. The lowest BCUT2D eigenvalue weighted by atomic mass is 9.75. The van der Waals surface area contributed by atoms with Crippen LogP contribution in [0.25, 0.3) is 11.3 Å². The Morgan fingerprint density at radius 1 is 1.07 bits per heavy atom. The average molecular weight is 429 g/mol. The monoisotopic (exact) mass is 428 g/mol. The number of furan rings is 1. The first-order chi connectivity index (χ1) is 14.3. The average Bonchev–Trinajstić information content (AvgIpc) is 3.40. The molecule has 0 saturated heterocycles. The lowest BCUT2D eigenvalue weighted by molar-refractivity contribution is -0.125. The van der Waals surface area contributed by atoms with Gasteiger partial charge in [0.05, 0.1) is 28.3 Å². The van der Waals surface area contributed by atoms with Gasteiger partial charge in [0, 0.05) is 17.0 Å². The largest absolute Gasteiger partial charge is 0.478 e. The molecule has 0 aliphatic carbocycles. The van der Waals surface area contributed by atoms with Crippen molar-refractivity contribution in [2.24, 2.45) is 22.0 Å². The zero-order chi connectivity index (χ0) is 21.6. The molecule has 9 nitrogen and oxygen atoms in total. The normalized spacial score (nSPS) is 21.7. The summed E-state index contributed by atoms with van der Waals surface area (Å²) in [5.74, 6) is -3.12. The van der Waals surface area contributed by atoms with Gasteiger partial charge >= 0.3 is 5.97 Å². The molecule has 2 aliphatic heterocycles. The number of carboxylic acid groups (broad SMARTS) is 1. The number of nitrogens with zero attached hydrogens (tertiary/aromatic N) is 2. The molecule has 2 unspecified atom stereocenters. The molecular weight excluding hydrogens is 412 g/mol. The van der Waals surface area contributed by atoms with E-state index in [1.165, 1.54) is 12.1 Å². The Hall–Kier alpha value is -3.46. The predicted molar refractivity (Wildman–Crippen MR) is 108 cm³/mol. The van der Waals surface area contributed by atoms with Gasteiger partial charge < -0.3 is 9.52 Å². The van der Waals surface area contributed by atoms with Gasteiger partial charge in [0.2, 0.25) is 11.8 Å². The van der Waals surface area contributed by atoms with Gasteiger partial charge in [-0.05, 0) is 44.2 Å². The molecule has 2 aromatic rings. The molecule has 10 heteroatoms. The fourth-order valence-electron chi connectivity index (χ4n) is 3.84. The maximum absolute atomic E-state index is 12.5. The van der Waals surface area contributed by atoms with Gasteiger partial charge in [0.25, 0.3) is 0 Å². The third-order valence-electron chi connectivity index (χ3n) is 5.30. The second-order valence-corrected chi connectivity index (χ2v) is 7.55. The zero-order valence-electron chi connectivity index (χ0n) is 16.0. The molecule has 3 heterocycles.